The predicted octanol–water partition coefficient (Wildman–Crippen LogP) is 4.79. The van der Waals surface area contributed by atoms with Gasteiger partial charge in [-0.15, -0.1) is 0 Å². The Labute approximate surface area is 206 Å². The maximum Gasteiger partial charge on any atom is 0.292 e. The van der Waals surface area contributed by atoms with E-state index < -0.39 is 11.5 Å². The Morgan fingerprint density at radius 1 is 0.972 bits per heavy atom. The lowest BCUT2D eigenvalue weighted by molar-refractivity contribution is 0.0947. The number of nitriles is 1. The van der Waals surface area contributed by atoms with Gasteiger partial charge in [-0.2, -0.15) is 20.1 Å². The number of hydrogen-bond donors (Lipinski definition) is 1. The summed E-state index contributed by atoms with van der Waals surface area (Å²) in [5, 5.41) is 22.2. The fourth-order valence-corrected chi connectivity index (χ4v) is 4.21. The molecule has 1 heterocycles. The van der Waals surface area contributed by atoms with Crippen LogP contribution in [0.3, 0.4) is 0 Å². The second kappa shape index (κ2) is 9.28. The molecule has 0 bridgehead atoms. The van der Waals surface area contributed by atoms with Gasteiger partial charge in [0, 0.05) is 11.1 Å². The maximum atomic E-state index is 13.1. The van der Waals surface area contributed by atoms with E-state index in [1.807, 2.05) is 73.7 Å². The second-order valence-electron chi connectivity index (χ2n) is 8.44. The molecule has 0 aliphatic rings. The molecule has 4 aromatic carbocycles. The molecule has 0 atom stereocenters. The van der Waals surface area contributed by atoms with Crippen LogP contribution >= 0.6 is 0 Å². The summed E-state index contributed by atoms with van der Waals surface area (Å²) >= 11 is 0. The van der Waals surface area contributed by atoms with E-state index in [4.69, 9.17) is 0 Å². The van der Waals surface area contributed by atoms with Gasteiger partial charge in [-0.1, -0.05) is 66.2 Å². The molecule has 0 spiro atoms. The van der Waals surface area contributed by atoms with Crippen molar-refractivity contribution in [3.63, 3.8) is 0 Å². The molecular formula is C29H21N5O2. The number of carbonyl (C=O) groups excluding carboxylic acids is 1. The van der Waals surface area contributed by atoms with E-state index in [2.05, 4.69) is 21.7 Å². The van der Waals surface area contributed by atoms with Crippen LogP contribution in [-0.4, -0.2) is 21.9 Å². The zero-order valence-corrected chi connectivity index (χ0v) is 19.7. The second-order valence-corrected chi connectivity index (χ2v) is 8.44. The summed E-state index contributed by atoms with van der Waals surface area (Å²) in [6, 6.07) is 27.1. The Bertz CT molecular complexity index is 1720. The predicted molar refractivity (Wildman–Crippen MR) is 141 cm³/mol. The minimum absolute atomic E-state index is 0.0494. The van der Waals surface area contributed by atoms with Crippen molar-refractivity contribution in [3.05, 3.63) is 117 Å². The number of amides is 1. The van der Waals surface area contributed by atoms with E-state index in [0.29, 0.717) is 5.69 Å². The molecule has 7 nitrogen and oxygen atoms in total. The maximum absolute atomic E-state index is 13.1. The Morgan fingerprint density at radius 2 is 1.58 bits per heavy atom. The van der Waals surface area contributed by atoms with Crippen LogP contribution in [0.2, 0.25) is 0 Å². The minimum atomic E-state index is -0.620. The molecule has 5 rings (SSSR count). The molecule has 0 saturated carbocycles. The molecule has 0 fully saturated rings. The molecule has 0 saturated heterocycles. The molecule has 0 aliphatic heterocycles. The van der Waals surface area contributed by atoms with Crippen molar-refractivity contribution in [1.82, 2.24) is 15.2 Å². The van der Waals surface area contributed by atoms with Gasteiger partial charge >= 0.3 is 0 Å². The van der Waals surface area contributed by atoms with Gasteiger partial charge in [-0.25, -0.2) is 5.43 Å². The van der Waals surface area contributed by atoms with E-state index in [1.54, 1.807) is 18.3 Å². The Morgan fingerprint density at radius 3 is 2.19 bits per heavy atom. The van der Waals surface area contributed by atoms with Crippen molar-refractivity contribution in [1.29, 1.82) is 5.26 Å². The van der Waals surface area contributed by atoms with Gasteiger partial charge in [0.25, 0.3) is 11.5 Å². The highest BCUT2D eigenvalue weighted by atomic mass is 16.2. The Balaban J connectivity index is 1.54. The lowest BCUT2D eigenvalue weighted by Crippen LogP contribution is -2.31. The number of aryl methyl sites for hydroxylation is 1. The average Bonchev–Trinajstić information content (AvgIpc) is 2.89. The number of hydrogen-bond acceptors (Lipinski definition) is 5. The molecule has 0 unspecified atom stereocenters. The number of nitrogens with zero attached hydrogens (tertiary/aromatic N) is 4. The van der Waals surface area contributed by atoms with Crippen LogP contribution in [0.25, 0.3) is 27.2 Å². The highest BCUT2D eigenvalue weighted by Gasteiger charge is 2.20. The first-order valence-electron chi connectivity index (χ1n) is 11.3. The van der Waals surface area contributed by atoms with Crippen LogP contribution in [0.15, 0.2) is 88.8 Å². The van der Waals surface area contributed by atoms with Crippen LogP contribution < -0.4 is 11.0 Å². The number of fused-ring (bicyclic) bond motifs is 2. The van der Waals surface area contributed by atoms with Crippen molar-refractivity contribution in [2.45, 2.75) is 13.8 Å². The summed E-state index contributed by atoms with van der Waals surface area (Å²) in [5.41, 5.74) is 4.29. The molecule has 5 aromatic rings. The molecule has 36 heavy (non-hydrogen) atoms. The quantitative estimate of drug-likeness (QED) is 0.231. The SMILES string of the molecule is Cc1ccc(-n2nc(C(=O)N/N=C/c3c4ccccc4cc4ccccc34)c(C)c(C#N)c2=O)cc1. The van der Waals surface area contributed by atoms with Gasteiger partial charge in [0.2, 0.25) is 0 Å². The van der Waals surface area contributed by atoms with E-state index in [-0.39, 0.29) is 16.8 Å². The zero-order chi connectivity index (χ0) is 25.2. The molecule has 7 heteroatoms. The van der Waals surface area contributed by atoms with Gasteiger partial charge in [0.1, 0.15) is 11.6 Å². The van der Waals surface area contributed by atoms with Crippen molar-refractivity contribution in [3.8, 4) is 11.8 Å². The third-order valence-corrected chi connectivity index (χ3v) is 6.11. The summed E-state index contributed by atoms with van der Waals surface area (Å²) < 4.78 is 1.07. The molecule has 174 valence electrons. The molecule has 1 aromatic heterocycles. The molecule has 1 N–H and O–H groups in total. The Kier molecular flexibility index (Phi) is 5.85. The van der Waals surface area contributed by atoms with Crippen molar-refractivity contribution in [2.24, 2.45) is 5.10 Å². The molecule has 1 amide bonds. The van der Waals surface area contributed by atoms with Crippen LogP contribution in [0.1, 0.15) is 32.7 Å². The number of rotatable bonds is 4. The highest BCUT2D eigenvalue weighted by molar-refractivity contribution is 6.13. The van der Waals surface area contributed by atoms with Crippen LogP contribution in [0.4, 0.5) is 0 Å². The van der Waals surface area contributed by atoms with Crippen molar-refractivity contribution < 1.29 is 4.79 Å². The van der Waals surface area contributed by atoms with E-state index in [0.717, 1.165) is 37.4 Å². The van der Waals surface area contributed by atoms with Gasteiger partial charge < -0.3 is 0 Å². The largest absolute Gasteiger partial charge is 0.292 e. The molecule has 0 aliphatic carbocycles. The third kappa shape index (κ3) is 4.01. The number of carbonyl (C=O) groups is 1. The van der Waals surface area contributed by atoms with E-state index in [9.17, 15) is 14.9 Å². The van der Waals surface area contributed by atoms with E-state index in [1.165, 1.54) is 6.92 Å². The smallest absolute Gasteiger partial charge is 0.266 e. The lowest BCUT2D eigenvalue weighted by atomic mass is 9.97. The summed E-state index contributed by atoms with van der Waals surface area (Å²) in [5.74, 6) is -0.620. The molecular weight excluding hydrogens is 450 g/mol. The summed E-state index contributed by atoms with van der Waals surface area (Å²) in [7, 11) is 0. The number of aromatic nitrogens is 2. The van der Waals surface area contributed by atoms with Crippen LogP contribution in [0.5, 0.6) is 0 Å². The zero-order valence-electron chi connectivity index (χ0n) is 19.7. The molecule has 0 radical (unpaired) electrons. The average molecular weight is 472 g/mol. The van der Waals surface area contributed by atoms with Gasteiger partial charge in [-0.05, 0) is 53.6 Å². The lowest BCUT2D eigenvalue weighted by Gasteiger charge is -2.11. The minimum Gasteiger partial charge on any atom is -0.266 e. The topological polar surface area (TPSA) is 100 Å². The van der Waals surface area contributed by atoms with E-state index >= 15 is 0 Å². The standard InChI is InChI=1S/C29H21N5O2/c1-18-11-13-22(14-12-18)34-29(36)25(16-30)19(2)27(33-34)28(35)32-31-17-26-23-9-5-3-7-20(23)15-21-8-4-6-10-24(21)26/h3-15,17H,1-2H3,(H,32,35)/b31-17+. The van der Waals surface area contributed by atoms with Crippen molar-refractivity contribution in [2.75, 3.05) is 0 Å². The Hall–Kier alpha value is -5.09. The first-order chi connectivity index (χ1) is 17.5. The summed E-state index contributed by atoms with van der Waals surface area (Å²) in [4.78, 5) is 25.9. The monoisotopic (exact) mass is 471 g/mol. The first-order valence-corrected chi connectivity index (χ1v) is 11.3. The van der Waals surface area contributed by atoms with Crippen LogP contribution in [0, 0.1) is 25.2 Å². The fraction of sp³-hybridized carbons (Fsp3) is 0.0690. The van der Waals surface area contributed by atoms with Crippen molar-refractivity contribution >= 4 is 33.7 Å². The first kappa shape index (κ1) is 22.7. The summed E-state index contributed by atoms with van der Waals surface area (Å²) in [6.45, 7) is 3.45. The normalized spacial score (nSPS) is 11.1. The number of benzene rings is 4. The van der Waals surface area contributed by atoms with Gasteiger partial charge in [-0.3, -0.25) is 9.59 Å². The number of hydrazone groups is 1. The highest BCUT2D eigenvalue weighted by Crippen LogP contribution is 2.27. The van der Waals surface area contributed by atoms with Gasteiger partial charge in [0.15, 0.2) is 5.69 Å². The fourth-order valence-electron chi connectivity index (χ4n) is 4.21. The summed E-state index contributed by atoms with van der Waals surface area (Å²) in [6.07, 6.45) is 1.61. The number of nitrogens with one attached hydrogen (secondary N) is 1. The van der Waals surface area contributed by atoms with Crippen LogP contribution in [-0.2, 0) is 0 Å². The third-order valence-electron chi connectivity index (χ3n) is 6.11. The van der Waals surface area contributed by atoms with Gasteiger partial charge in [0.05, 0.1) is 11.9 Å².